The van der Waals surface area contributed by atoms with Crippen molar-refractivity contribution in [2.24, 2.45) is 0 Å². The molecule has 1 amide bonds. The van der Waals surface area contributed by atoms with Crippen LogP contribution in [-0.2, 0) is 34.3 Å². The van der Waals surface area contributed by atoms with Crippen LogP contribution in [0.25, 0.3) is 0 Å². The molecule has 2 aromatic rings. The Labute approximate surface area is 233 Å². The van der Waals surface area contributed by atoms with Gasteiger partial charge in [0.2, 0.25) is 20.0 Å². The van der Waals surface area contributed by atoms with E-state index in [1.165, 1.54) is 51.1 Å². The molecule has 2 heterocycles. The third-order valence-electron chi connectivity index (χ3n) is 6.43. The predicted molar refractivity (Wildman–Crippen MR) is 144 cm³/mol. The molecule has 11 nitrogen and oxygen atoms in total. The summed E-state index contributed by atoms with van der Waals surface area (Å²) >= 11 is 6.14. The van der Waals surface area contributed by atoms with Gasteiger partial charge in [-0.3, -0.25) is 4.79 Å². The van der Waals surface area contributed by atoms with Gasteiger partial charge in [-0.25, -0.2) is 21.6 Å². The highest BCUT2D eigenvalue weighted by Crippen LogP contribution is 2.28. The number of amides is 1. The van der Waals surface area contributed by atoms with Gasteiger partial charge in [-0.1, -0.05) is 24.4 Å². The fourth-order valence-electron chi connectivity index (χ4n) is 4.31. The average Bonchev–Trinajstić information content (AvgIpc) is 3.24. The van der Waals surface area contributed by atoms with Gasteiger partial charge in [-0.05, 0) is 55.3 Å². The number of carbonyl (C=O) groups is 2. The van der Waals surface area contributed by atoms with Gasteiger partial charge in [0.1, 0.15) is 4.90 Å². The molecular weight excluding hydrogens is 570 g/mol. The first-order valence-electron chi connectivity index (χ1n) is 12.5. The highest BCUT2D eigenvalue weighted by molar-refractivity contribution is 7.89. The molecule has 0 spiro atoms. The molecule has 2 aliphatic heterocycles. The Kier molecular flexibility index (Phi) is 9.62. The van der Waals surface area contributed by atoms with Crippen molar-refractivity contribution in [1.29, 1.82) is 0 Å². The first-order chi connectivity index (χ1) is 18.6. The maximum absolute atomic E-state index is 13.0. The standard InChI is InChI=1S/C25H30ClN3O8S2/c26-22-10-7-20(17-23(22)39(34,35)29-13-15-36-16-14-29)27-24(30)18-37-25(31)19-5-8-21(9-6-19)38(32,33)28-11-3-1-2-4-12-28/h5-10,17H,1-4,11-16,18H2,(H,27,30). The second-order valence-corrected chi connectivity index (χ2v) is 13.4. The van der Waals surface area contributed by atoms with E-state index in [1.54, 1.807) is 0 Å². The molecule has 2 aliphatic rings. The van der Waals surface area contributed by atoms with Crippen molar-refractivity contribution in [2.75, 3.05) is 51.3 Å². The zero-order valence-electron chi connectivity index (χ0n) is 21.2. The lowest BCUT2D eigenvalue weighted by Gasteiger charge is -2.26. The van der Waals surface area contributed by atoms with E-state index in [4.69, 9.17) is 21.1 Å². The topological polar surface area (TPSA) is 139 Å². The van der Waals surface area contributed by atoms with Crippen molar-refractivity contribution in [2.45, 2.75) is 35.5 Å². The van der Waals surface area contributed by atoms with E-state index in [0.717, 1.165) is 25.7 Å². The summed E-state index contributed by atoms with van der Waals surface area (Å²) < 4.78 is 64.7. The highest BCUT2D eigenvalue weighted by atomic mass is 35.5. The van der Waals surface area contributed by atoms with Crippen molar-refractivity contribution in [3.8, 4) is 0 Å². The van der Waals surface area contributed by atoms with Gasteiger partial charge in [-0.2, -0.15) is 8.61 Å². The van der Waals surface area contributed by atoms with Crippen LogP contribution in [0, 0.1) is 0 Å². The quantitative estimate of drug-likeness (QED) is 0.457. The van der Waals surface area contributed by atoms with E-state index in [2.05, 4.69) is 5.32 Å². The van der Waals surface area contributed by atoms with Crippen LogP contribution in [0.5, 0.6) is 0 Å². The first-order valence-corrected chi connectivity index (χ1v) is 15.8. The molecule has 2 aromatic carbocycles. The van der Waals surface area contributed by atoms with Gasteiger partial charge in [0, 0.05) is 31.9 Å². The summed E-state index contributed by atoms with van der Waals surface area (Å²) in [5.74, 6) is -1.50. The van der Waals surface area contributed by atoms with E-state index >= 15 is 0 Å². The number of rotatable bonds is 8. The van der Waals surface area contributed by atoms with E-state index in [0.29, 0.717) is 13.1 Å². The lowest BCUT2D eigenvalue weighted by molar-refractivity contribution is -0.119. The molecule has 0 radical (unpaired) electrons. The van der Waals surface area contributed by atoms with Crippen LogP contribution in [-0.4, -0.2) is 83.3 Å². The highest BCUT2D eigenvalue weighted by Gasteiger charge is 2.29. The van der Waals surface area contributed by atoms with Crippen LogP contribution in [0.15, 0.2) is 52.3 Å². The number of hydrogen-bond acceptors (Lipinski definition) is 8. The van der Waals surface area contributed by atoms with Gasteiger partial charge in [0.05, 0.1) is 28.7 Å². The number of hydrogen-bond donors (Lipinski definition) is 1. The average molecular weight is 600 g/mol. The molecule has 212 valence electrons. The van der Waals surface area contributed by atoms with E-state index in [1.807, 2.05) is 0 Å². The van der Waals surface area contributed by atoms with Crippen LogP contribution in [0.3, 0.4) is 0 Å². The van der Waals surface area contributed by atoms with Crippen molar-refractivity contribution in [1.82, 2.24) is 8.61 Å². The fourth-order valence-corrected chi connectivity index (χ4v) is 7.74. The molecule has 0 saturated carbocycles. The molecule has 1 N–H and O–H groups in total. The number of morpholine rings is 1. The van der Waals surface area contributed by atoms with Gasteiger partial charge in [0.15, 0.2) is 6.61 Å². The number of esters is 1. The molecule has 0 aliphatic carbocycles. The monoisotopic (exact) mass is 599 g/mol. The summed E-state index contributed by atoms with van der Waals surface area (Å²) in [5.41, 5.74) is 0.248. The van der Waals surface area contributed by atoms with Crippen LogP contribution in [0.4, 0.5) is 5.69 Å². The minimum atomic E-state index is -3.90. The Hall–Kier alpha value is -2.55. The Morgan fingerprint density at radius 1 is 0.846 bits per heavy atom. The van der Waals surface area contributed by atoms with E-state index in [-0.39, 0.29) is 52.4 Å². The van der Waals surface area contributed by atoms with Crippen LogP contribution in [0.1, 0.15) is 36.0 Å². The number of ether oxygens (including phenoxy) is 2. The summed E-state index contributed by atoms with van der Waals surface area (Å²) in [7, 11) is -7.55. The molecule has 0 unspecified atom stereocenters. The minimum absolute atomic E-state index is 0.00669. The summed E-state index contributed by atoms with van der Waals surface area (Å²) in [6, 6.07) is 9.42. The fraction of sp³-hybridized carbons (Fsp3) is 0.440. The van der Waals surface area contributed by atoms with Gasteiger partial charge in [0.25, 0.3) is 5.91 Å². The molecule has 2 fully saturated rings. The first kappa shape index (κ1) is 29.4. The zero-order chi connectivity index (χ0) is 28.0. The number of carbonyl (C=O) groups excluding carboxylic acids is 2. The molecule has 0 aromatic heterocycles. The van der Waals surface area contributed by atoms with Gasteiger partial charge >= 0.3 is 5.97 Å². The van der Waals surface area contributed by atoms with E-state index in [9.17, 15) is 26.4 Å². The molecule has 2 saturated heterocycles. The van der Waals surface area contributed by atoms with Crippen molar-refractivity contribution in [3.63, 3.8) is 0 Å². The van der Waals surface area contributed by atoms with Crippen molar-refractivity contribution < 1.29 is 35.9 Å². The minimum Gasteiger partial charge on any atom is -0.452 e. The Morgan fingerprint density at radius 3 is 2.10 bits per heavy atom. The summed E-state index contributed by atoms with van der Waals surface area (Å²) in [5, 5.41) is 2.50. The van der Waals surface area contributed by atoms with Crippen molar-refractivity contribution >= 4 is 49.2 Å². The summed E-state index contributed by atoms with van der Waals surface area (Å²) in [4.78, 5) is 24.8. The van der Waals surface area contributed by atoms with Crippen LogP contribution in [0.2, 0.25) is 5.02 Å². The summed E-state index contributed by atoms with van der Waals surface area (Å²) in [6.45, 7) is 1.23. The van der Waals surface area contributed by atoms with Gasteiger partial charge < -0.3 is 14.8 Å². The lowest BCUT2D eigenvalue weighted by atomic mass is 10.2. The third kappa shape index (κ3) is 7.16. The SMILES string of the molecule is O=C(COC(=O)c1ccc(S(=O)(=O)N2CCCCCC2)cc1)Nc1ccc(Cl)c(S(=O)(=O)N2CCOCC2)c1. The lowest BCUT2D eigenvalue weighted by Crippen LogP contribution is -2.40. The number of nitrogens with one attached hydrogen (secondary N) is 1. The Morgan fingerprint density at radius 2 is 1.46 bits per heavy atom. The smallest absolute Gasteiger partial charge is 0.338 e. The molecule has 39 heavy (non-hydrogen) atoms. The summed E-state index contributed by atoms with van der Waals surface area (Å²) in [6.07, 6.45) is 3.62. The maximum atomic E-state index is 13.0. The van der Waals surface area contributed by atoms with Crippen LogP contribution >= 0.6 is 11.6 Å². The second-order valence-electron chi connectivity index (χ2n) is 9.13. The van der Waals surface area contributed by atoms with Crippen molar-refractivity contribution in [3.05, 3.63) is 53.1 Å². The predicted octanol–water partition coefficient (Wildman–Crippen LogP) is 2.72. The number of anilines is 1. The molecule has 0 bridgehead atoms. The Bertz CT molecular complexity index is 1400. The van der Waals surface area contributed by atoms with Crippen LogP contribution < -0.4 is 5.32 Å². The van der Waals surface area contributed by atoms with Gasteiger partial charge in [-0.15, -0.1) is 0 Å². The number of nitrogens with zero attached hydrogens (tertiary/aromatic N) is 2. The Balaban J connectivity index is 1.35. The number of sulfonamides is 2. The normalized spacial score (nSPS) is 17.8. The maximum Gasteiger partial charge on any atom is 0.338 e. The second kappa shape index (κ2) is 12.7. The van der Waals surface area contributed by atoms with E-state index < -0.39 is 38.5 Å². The number of halogens is 1. The molecule has 4 rings (SSSR count). The zero-order valence-corrected chi connectivity index (χ0v) is 23.6. The molecule has 14 heteroatoms. The number of benzene rings is 2. The third-order valence-corrected chi connectivity index (χ3v) is 10.7. The molecule has 0 atom stereocenters. The largest absolute Gasteiger partial charge is 0.452 e. The molecular formula is C25H30ClN3O8S2.